The maximum atomic E-state index is 5.32. The molecule has 22 heavy (non-hydrogen) atoms. The Hall–Kier alpha value is -2.00. The van der Waals surface area contributed by atoms with Crippen LogP contribution in [0.1, 0.15) is 24.0 Å². The van der Waals surface area contributed by atoms with E-state index in [0.717, 1.165) is 24.6 Å². The molecule has 0 aliphatic heterocycles. The number of hydrogen-bond acceptors (Lipinski definition) is 3. The zero-order valence-corrected chi connectivity index (χ0v) is 13.3. The molecule has 3 rings (SSSR count). The van der Waals surface area contributed by atoms with Crippen LogP contribution in [0.5, 0.6) is 11.5 Å². The number of ether oxygens (including phenoxy) is 2. The van der Waals surface area contributed by atoms with Gasteiger partial charge in [-0.1, -0.05) is 24.3 Å². The summed E-state index contributed by atoms with van der Waals surface area (Å²) < 4.78 is 10.6. The minimum atomic E-state index is 0.716. The van der Waals surface area contributed by atoms with Crippen molar-refractivity contribution in [2.24, 2.45) is 0 Å². The third kappa shape index (κ3) is 3.80. The summed E-state index contributed by atoms with van der Waals surface area (Å²) in [4.78, 5) is 2.55. The highest BCUT2D eigenvalue weighted by molar-refractivity contribution is 5.29. The molecule has 2 aromatic carbocycles. The summed E-state index contributed by atoms with van der Waals surface area (Å²) in [5, 5.41) is 0. The SMILES string of the molecule is COc1ccc(CN(Cc2cccc(OC)c2)C2CC2)cc1. The summed E-state index contributed by atoms with van der Waals surface area (Å²) in [5.74, 6) is 1.84. The molecule has 2 aromatic rings. The maximum Gasteiger partial charge on any atom is 0.119 e. The fourth-order valence-electron chi connectivity index (χ4n) is 2.72. The van der Waals surface area contributed by atoms with Crippen molar-refractivity contribution >= 4 is 0 Å². The Morgan fingerprint density at radius 3 is 2.18 bits per heavy atom. The third-order valence-electron chi connectivity index (χ3n) is 4.13. The molecule has 0 heterocycles. The Morgan fingerprint density at radius 1 is 0.864 bits per heavy atom. The fraction of sp³-hybridized carbons (Fsp3) is 0.368. The maximum absolute atomic E-state index is 5.32. The predicted molar refractivity (Wildman–Crippen MR) is 88.3 cm³/mol. The van der Waals surface area contributed by atoms with E-state index >= 15 is 0 Å². The van der Waals surface area contributed by atoms with Crippen LogP contribution in [0.4, 0.5) is 0 Å². The number of nitrogens with zero attached hydrogens (tertiary/aromatic N) is 1. The van der Waals surface area contributed by atoms with Crippen LogP contribution in [-0.2, 0) is 13.1 Å². The Bertz CT molecular complexity index is 605. The van der Waals surface area contributed by atoms with Gasteiger partial charge in [-0.2, -0.15) is 0 Å². The van der Waals surface area contributed by atoms with Crippen molar-refractivity contribution < 1.29 is 9.47 Å². The first-order valence-electron chi connectivity index (χ1n) is 7.78. The third-order valence-corrected chi connectivity index (χ3v) is 4.13. The molecule has 1 fully saturated rings. The molecular formula is C19H23NO2. The molecule has 3 heteroatoms. The summed E-state index contributed by atoms with van der Waals surface area (Å²) in [7, 11) is 3.42. The second-order valence-electron chi connectivity index (χ2n) is 5.84. The monoisotopic (exact) mass is 297 g/mol. The van der Waals surface area contributed by atoms with Crippen LogP contribution in [0.2, 0.25) is 0 Å². The lowest BCUT2D eigenvalue weighted by molar-refractivity contribution is 0.245. The van der Waals surface area contributed by atoms with Crippen molar-refractivity contribution in [1.29, 1.82) is 0 Å². The normalized spacial score (nSPS) is 14.1. The lowest BCUT2D eigenvalue weighted by atomic mass is 10.1. The quantitative estimate of drug-likeness (QED) is 0.774. The minimum Gasteiger partial charge on any atom is -0.497 e. The van der Waals surface area contributed by atoms with Gasteiger partial charge in [-0.25, -0.2) is 0 Å². The van der Waals surface area contributed by atoms with Gasteiger partial charge in [0, 0.05) is 19.1 Å². The smallest absolute Gasteiger partial charge is 0.119 e. The van der Waals surface area contributed by atoms with Gasteiger partial charge in [-0.3, -0.25) is 4.90 Å². The summed E-state index contributed by atoms with van der Waals surface area (Å²) in [6, 6.07) is 17.4. The summed E-state index contributed by atoms with van der Waals surface area (Å²) >= 11 is 0. The number of hydrogen-bond donors (Lipinski definition) is 0. The highest BCUT2D eigenvalue weighted by atomic mass is 16.5. The van der Waals surface area contributed by atoms with E-state index < -0.39 is 0 Å². The Morgan fingerprint density at radius 2 is 1.55 bits per heavy atom. The zero-order valence-electron chi connectivity index (χ0n) is 13.3. The number of methoxy groups -OCH3 is 2. The minimum absolute atomic E-state index is 0.716. The van der Waals surface area contributed by atoms with Crippen molar-refractivity contribution in [2.75, 3.05) is 14.2 Å². The Balaban J connectivity index is 1.69. The van der Waals surface area contributed by atoms with Gasteiger partial charge in [0.25, 0.3) is 0 Å². The van der Waals surface area contributed by atoms with E-state index in [1.165, 1.54) is 24.0 Å². The first-order valence-corrected chi connectivity index (χ1v) is 7.78. The van der Waals surface area contributed by atoms with E-state index in [1.807, 2.05) is 18.2 Å². The molecule has 0 unspecified atom stereocenters. The lowest BCUT2D eigenvalue weighted by Gasteiger charge is -2.22. The second-order valence-corrected chi connectivity index (χ2v) is 5.84. The fourth-order valence-corrected chi connectivity index (χ4v) is 2.72. The van der Waals surface area contributed by atoms with Gasteiger partial charge >= 0.3 is 0 Å². The van der Waals surface area contributed by atoms with Gasteiger partial charge in [0.15, 0.2) is 0 Å². The highest BCUT2D eigenvalue weighted by Gasteiger charge is 2.28. The zero-order chi connectivity index (χ0) is 15.4. The van der Waals surface area contributed by atoms with Gasteiger partial charge in [0.2, 0.25) is 0 Å². The molecule has 1 aliphatic rings. The van der Waals surface area contributed by atoms with Crippen LogP contribution in [-0.4, -0.2) is 25.2 Å². The van der Waals surface area contributed by atoms with E-state index in [-0.39, 0.29) is 0 Å². The van der Waals surface area contributed by atoms with Gasteiger partial charge in [-0.15, -0.1) is 0 Å². The number of benzene rings is 2. The summed E-state index contributed by atoms with van der Waals surface area (Å²) in [6.07, 6.45) is 2.61. The van der Waals surface area contributed by atoms with Crippen LogP contribution in [0.15, 0.2) is 48.5 Å². The molecule has 0 amide bonds. The van der Waals surface area contributed by atoms with Crippen molar-refractivity contribution in [2.45, 2.75) is 32.0 Å². The van der Waals surface area contributed by atoms with Crippen molar-refractivity contribution in [3.05, 3.63) is 59.7 Å². The number of rotatable bonds is 7. The van der Waals surface area contributed by atoms with E-state index in [2.05, 4.69) is 35.2 Å². The van der Waals surface area contributed by atoms with Crippen molar-refractivity contribution in [1.82, 2.24) is 4.90 Å². The predicted octanol–water partition coefficient (Wildman–Crippen LogP) is 3.87. The standard InChI is InChI=1S/C19H23NO2/c1-21-18-10-6-15(7-11-18)13-20(17-8-9-17)14-16-4-3-5-19(12-16)22-2/h3-7,10-12,17H,8-9,13-14H2,1-2H3. The molecule has 3 nitrogen and oxygen atoms in total. The van der Waals surface area contributed by atoms with Crippen LogP contribution >= 0.6 is 0 Å². The van der Waals surface area contributed by atoms with E-state index in [4.69, 9.17) is 9.47 Å². The summed E-state index contributed by atoms with van der Waals surface area (Å²) in [5.41, 5.74) is 2.63. The largest absolute Gasteiger partial charge is 0.497 e. The van der Waals surface area contributed by atoms with Crippen LogP contribution in [0, 0.1) is 0 Å². The molecule has 0 spiro atoms. The molecular weight excluding hydrogens is 274 g/mol. The second kappa shape index (κ2) is 6.84. The Labute approximate surface area is 132 Å². The summed E-state index contributed by atoms with van der Waals surface area (Å²) in [6.45, 7) is 1.94. The van der Waals surface area contributed by atoms with E-state index in [0.29, 0.717) is 6.04 Å². The highest BCUT2D eigenvalue weighted by Crippen LogP contribution is 2.30. The molecule has 1 aliphatic carbocycles. The molecule has 0 radical (unpaired) electrons. The molecule has 0 bridgehead atoms. The first-order chi connectivity index (χ1) is 10.8. The molecule has 0 atom stereocenters. The molecule has 116 valence electrons. The van der Waals surface area contributed by atoms with Crippen LogP contribution < -0.4 is 9.47 Å². The molecule has 0 saturated heterocycles. The lowest BCUT2D eigenvalue weighted by Crippen LogP contribution is -2.25. The molecule has 0 aromatic heterocycles. The molecule has 0 N–H and O–H groups in total. The van der Waals surface area contributed by atoms with Crippen molar-refractivity contribution in [3.8, 4) is 11.5 Å². The van der Waals surface area contributed by atoms with E-state index in [9.17, 15) is 0 Å². The average Bonchev–Trinajstić information content (AvgIpc) is 3.40. The van der Waals surface area contributed by atoms with Crippen LogP contribution in [0.3, 0.4) is 0 Å². The van der Waals surface area contributed by atoms with Gasteiger partial charge in [-0.05, 0) is 48.2 Å². The Kier molecular flexibility index (Phi) is 4.64. The first kappa shape index (κ1) is 14.9. The molecule has 1 saturated carbocycles. The van der Waals surface area contributed by atoms with E-state index in [1.54, 1.807) is 14.2 Å². The van der Waals surface area contributed by atoms with Gasteiger partial charge < -0.3 is 9.47 Å². The topological polar surface area (TPSA) is 21.7 Å². The van der Waals surface area contributed by atoms with Crippen LogP contribution in [0.25, 0.3) is 0 Å². The van der Waals surface area contributed by atoms with Gasteiger partial charge in [0.1, 0.15) is 11.5 Å². The van der Waals surface area contributed by atoms with Gasteiger partial charge in [0.05, 0.1) is 14.2 Å². The average molecular weight is 297 g/mol. The van der Waals surface area contributed by atoms with Crippen molar-refractivity contribution in [3.63, 3.8) is 0 Å².